The van der Waals surface area contributed by atoms with E-state index in [4.69, 9.17) is 0 Å². The molecule has 2 heterocycles. The van der Waals surface area contributed by atoms with Crippen LogP contribution in [-0.4, -0.2) is 41.3 Å². The highest BCUT2D eigenvalue weighted by Gasteiger charge is 2.39. The van der Waals surface area contributed by atoms with E-state index in [2.05, 4.69) is 15.3 Å². The molecule has 0 aliphatic carbocycles. The molecule has 1 saturated heterocycles. The molecule has 2 aromatic carbocycles. The van der Waals surface area contributed by atoms with Gasteiger partial charge >= 0.3 is 0 Å². The van der Waals surface area contributed by atoms with Crippen molar-refractivity contribution in [2.75, 3.05) is 11.5 Å². The minimum atomic E-state index is -3.06. The summed E-state index contributed by atoms with van der Waals surface area (Å²) in [6, 6.07) is 15.3. The maximum atomic E-state index is 12.5. The molecule has 4 rings (SSSR count). The normalized spacial score (nSPS) is 21.0. The lowest BCUT2D eigenvalue weighted by Gasteiger charge is -2.23. The zero-order valence-corrected chi connectivity index (χ0v) is 17.1. The number of benzene rings is 2. The van der Waals surface area contributed by atoms with E-state index in [0.29, 0.717) is 12.0 Å². The van der Waals surface area contributed by atoms with Gasteiger partial charge in [-0.2, -0.15) is 0 Å². The van der Waals surface area contributed by atoms with Crippen LogP contribution in [0.4, 0.5) is 0 Å². The second kappa shape index (κ2) is 7.25. The number of nitrogens with one attached hydrogen (secondary N) is 2. The molecule has 1 amide bonds. The summed E-state index contributed by atoms with van der Waals surface area (Å²) >= 11 is 1.60. The third-order valence-electron chi connectivity index (χ3n) is 4.88. The number of hydrogen-bond donors (Lipinski definition) is 2. The van der Waals surface area contributed by atoms with Crippen LogP contribution >= 0.6 is 11.8 Å². The second-order valence-corrected chi connectivity index (χ2v) is 10.5. The van der Waals surface area contributed by atoms with E-state index in [-0.39, 0.29) is 17.4 Å². The van der Waals surface area contributed by atoms with Crippen molar-refractivity contribution in [2.45, 2.75) is 29.8 Å². The summed E-state index contributed by atoms with van der Waals surface area (Å²) in [5, 5.41) is 3.74. The van der Waals surface area contributed by atoms with E-state index in [1.165, 1.54) is 0 Å². The first-order chi connectivity index (χ1) is 13.3. The van der Waals surface area contributed by atoms with Crippen molar-refractivity contribution in [3.05, 3.63) is 59.7 Å². The molecule has 1 fully saturated rings. The molecule has 146 valence electrons. The smallest absolute Gasteiger partial charge is 0.251 e. The van der Waals surface area contributed by atoms with Gasteiger partial charge in [0, 0.05) is 11.3 Å². The van der Waals surface area contributed by atoms with Gasteiger partial charge in [-0.3, -0.25) is 4.79 Å². The first kappa shape index (κ1) is 19.0. The fraction of sp³-hybridized carbons (Fsp3) is 0.300. The fourth-order valence-corrected chi connectivity index (χ4v) is 6.29. The van der Waals surface area contributed by atoms with E-state index >= 15 is 0 Å². The lowest BCUT2D eigenvalue weighted by Crippen LogP contribution is -2.46. The molecule has 0 bridgehead atoms. The average molecular weight is 416 g/mol. The zero-order chi connectivity index (χ0) is 19.8. The number of para-hydroxylation sites is 2. The monoisotopic (exact) mass is 415 g/mol. The number of thioether (sulfide) groups is 1. The maximum Gasteiger partial charge on any atom is 0.251 e. The number of hydrogen-bond acceptors (Lipinski definition) is 5. The van der Waals surface area contributed by atoms with Gasteiger partial charge in [-0.1, -0.05) is 36.0 Å². The quantitative estimate of drug-likeness (QED) is 0.625. The summed E-state index contributed by atoms with van der Waals surface area (Å²) in [6.45, 7) is 1.79. The van der Waals surface area contributed by atoms with Crippen molar-refractivity contribution in [2.24, 2.45) is 0 Å². The van der Waals surface area contributed by atoms with Crippen LogP contribution in [0, 0.1) is 0 Å². The number of imidazole rings is 1. The maximum absolute atomic E-state index is 12.5. The number of amides is 1. The third-order valence-corrected chi connectivity index (χ3v) is 7.73. The molecule has 1 aliphatic rings. The van der Waals surface area contributed by atoms with Gasteiger partial charge in [-0.25, -0.2) is 13.4 Å². The summed E-state index contributed by atoms with van der Waals surface area (Å²) in [5.41, 5.74) is 2.88. The molecule has 0 saturated carbocycles. The molecule has 8 heteroatoms. The molecule has 1 aliphatic heterocycles. The van der Waals surface area contributed by atoms with E-state index in [0.717, 1.165) is 27.5 Å². The number of aromatic nitrogens is 2. The standard InChI is InChI=1S/C20H21N3O3S2/c1-20(10-11-28(25,26)13-20)23-18(24)15-8-6-14(7-9-15)12-27-19-21-16-4-2-3-5-17(16)22-19/h2-9H,10-13H2,1H3,(H,21,22)(H,23,24). The molecule has 0 spiro atoms. The van der Waals surface area contributed by atoms with E-state index in [9.17, 15) is 13.2 Å². The molecule has 0 radical (unpaired) electrons. The highest BCUT2D eigenvalue weighted by Crippen LogP contribution is 2.25. The number of fused-ring (bicyclic) bond motifs is 1. The molecular weight excluding hydrogens is 394 g/mol. The van der Waals surface area contributed by atoms with Gasteiger partial charge in [-0.15, -0.1) is 0 Å². The number of H-pyrrole nitrogens is 1. The van der Waals surface area contributed by atoms with E-state index in [1.807, 2.05) is 36.4 Å². The third kappa shape index (κ3) is 4.23. The minimum Gasteiger partial charge on any atom is -0.346 e. The number of rotatable bonds is 5. The predicted molar refractivity (Wildman–Crippen MR) is 111 cm³/mol. The van der Waals surface area contributed by atoms with Gasteiger partial charge in [-0.05, 0) is 43.2 Å². The molecular formula is C20H21N3O3S2. The SMILES string of the molecule is CC1(NC(=O)c2ccc(CSc3nc4ccccc4[nH]3)cc2)CCS(=O)(=O)C1. The first-order valence-corrected chi connectivity index (χ1v) is 11.8. The predicted octanol–water partition coefficient (Wildman–Crippen LogP) is 3.16. The average Bonchev–Trinajstić information content (AvgIpc) is 3.19. The van der Waals surface area contributed by atoms with Gasteiger partial charge in [0.25, 0.3) is 5.91 Å². The van der Waals surface area contributed by atoms with Gasteiger partial charge < -0.3 is 10.3 Å². The lowest BCUT2D eigenvalue weighted by molar-refractivity contribution is 0.0915. The van der Waals surface area contributed by atoms with Crippen LogP contribution in [0.15, 0.2) is 53.7 Å². The highest BCUT2D eigenvalue weighted by atomic mass is 32.2. The lowest BCUT2D eigenvalue weighted by atomic mass is 10.0. The number of aromatic amines is 1. The Kier molecular flexibility index (Phi) is 4.93. The minimum absolute atomic E-state index is 0.00202. The Morgan fingerprint density at radius 3 is 2.64 bits per heavy atom. The van der Waals surface area contributed by atoms with Crippen LogP contribution in [-0.2, 0) is 15.6 Å². The molecule has 1 atom stereocenters. The van der Waals surface area contributed by atoms with Crippen molar-refractivity contribution >= 4 is 38.5 Å². The summed E-state index contributed by atoms with van der Waals surface area (Å²) < 4.78 is 23.4. The van der Waals surface area contributed by atoms with Crippen LogP contribution in [0.2, 0.25) is 0 Å². The summed E-state index contributed by atoms with van der Waals surface area (Å²) in [5.74, 6) is 0.619. The van der Waals surface area contributed by atoms with Gasteiger partial charge in [0.05, 0.1) is 28.1 Å². The second-order valence-electron chi connectivity index (χ2n) is 7.40. The summed E-state index contributed by atoms with van der Waals surface area (Å²) in [7, 11) is -3.06. The Balaban J connectivity index is 1.37. The Hall–Kier alpha value is -2.32. The van der Waals surface area contributed by atoms with Crippen molar-refractivity contribution < 1.29 is 13.2 Å². The van der Waals surface area contributed by atoms with Crippen molar-refractivity contribution in [3.8, 4) is 0 Å². The molecule has 2 N–H and O–H groups in total. The molecule has 1 aromatic heterocycles. The molecule has 6 nitrogen and oxygen atoms in total. The highest BCUT2D eigenvalue weighted by molar-refractivity contribution is 7.98. The van der Waals surface area contributed by atoms with Crippen LogP contribution in [0.5, 0.6) is 0 Å². The Morgan fingerprint density at radius 1 is 1.21 bits per heavy atom. The number of sulfone groups is 1. The Bertz CT molecular complexity index is 1090. The Morgan fingerprint density at radius 2 is 1.96 bits per heavy atom. The Labute approximate surface area is 168 Å². The number of carbonyl (C=O) groups excluding carboxylic acids is 1. The van der Waals surface area contributed by atoms with E-state index in [1.54, 1.807) is 30.8 Å². The fourth-order valence-electron chi connectivity index (χ4n) is 3.36. The van der Waals surface area contributed by atoms with Crippen molar-refractivity contribution in [3.63, 3.8) is 0 Å². The van der Waals surface area contributed by atoms with Crippen molar-refractivity contribution in [1.29, 1.82) is 0 Å². The van der Waals surface area contributed by atoms with E-state index < -0.39 is 15.4 Å². The molecule has 1 unspecified atom stereocenters. The van der Waals surface area contributed by atoms with Gasteiger partial charge in [0.1, 0.15) is 0 Å². The van der Waals surface area contributed by atoms with Gasteiger partial charge in [0.2, 0.25) is 0 Å². The summed E-state index contributed by atoms with van der Waals surface area (Å²) in [4.78, 5) is 20.3. The molecule has 28 heavy (non-hydrogen) atoms. The zero-order valence-electron chi connectivity index (χ0n) is 15.4. The number of nitrogens with zero attached hydrogens (tertiary/aromatic N) is 1. The topological polar surface area (TPSA) is 91.9 Å². The molecule has 3 aromatic rings. The van der Waals surface area contributed by atoms with Crippen LogP contribution in [0.25, 0.3) is 11.0 Å². The summed E-state index contributed by atoms with van der Waals surface area (Å²) in [6.07, 6.45) is 0.452. The van der Waals surface area contributed by atoms with Crippen LogP contribution in [0.1, 0.15) is 29.3 Å². The van der Waals surface area contributed by atoms with Crippen LogP contribution < -0.4 is 5.32 Å². The van der Waals surface area contributed by atoms with Crippen LogP contribution in [0.3, 0.4) is 0 Å². The van der Waals surface area contributed by atoms with Crippen molar-refractivity contribution in [1.82, 2.24) is 15.3 Å². The first-order valence-electron chi connectivity index (χ1n) is 9.01. The van der Waals surface area contributed by atoms with Gasteiger partial charge in [0.15, 0.2) is 15.0 Å². The largest absolute Gasteiger partial charge is 0.346 e. The number of carbonyl (C=O) groups is 1.